The molecule has 2 heterocycles. The number of pyridine rings is 1. The number of rotatable bonds is 5. The number of aromatic nitrogens is 1. The van der Waals surface area contributed by atoms with E-state index in [2.05, 4.69) is 16.8 Å². The van der Waals surface area contributed by atoms with Crippen molar-refractivity contribution in [2.24, 2.45) is 5.73 Å². The molecule has 1 amide bonds. The van der Waals surface area contributed by atoms with E-state index in [1.807, 2.05) is 0 Å². The molecule has 1 atom stereocenters. The molecule has 0 aromatic carbocycles. The van der Waals surface area contributed by atoms with Gasteiger partial charge >= 0.3 is 0 Å². The Morgan fingerprint density at radius 3 is 2.62 bits per heavy atom. The first-order chi connectivity index (χ1) is 10.2. The summed E-state index contributed by atoms with van der Waals surface area (Å²) in [6, 6.07) is 5.07. The average Bonchev–Trinajstić information content (AvgIpc) is 2.52. The molecular weight excluding hydrogens is 268 g/mol. The number of H-pyrrole nitrogens is 1. The quantitative estimate of drug-likeness (QED) is 0.815. The maximum atomic E-state index is 12.3. The van der Waals surface area contributed by atoms with Crippen molar-refractivity contribution in [2.75, 3.05) is 32.7 Å². The molecule has 2 rings (SSSR count). The highest BCUT2D eigenvalue weighted by molar-refractivity contribution is 5.92. The zero-order valence-electron chi connectivity index (χ0n) is 12.5. The molecule has 1 fully saturated rings. The van der Waals surface area contributed by atoms with Gasteiger partial charge in [-0.05, 0) is 12.5 Å². The van der Waals surface area contributed by atoms with Crippen molar-refractivity contribution in [3.63, 3.8) is 0 Å². The molecule has 0 spiro atoms. The van der Waals surface area contributed by atoms with Gasteiger partial charge in [0.25, 0.3) is 5.91 Å². The third-order valence-electron chi connectivity index (χ3n) is 4.01. The number of carbonyl (C=O) groups excluding carboxylic acids is 1. The van der Waals surface area contributed by atoms with Crippen molar-refractivity contribution in [2.45, 2.75) is 25.8 Å². The van der Waals surface area contributed by atoms with Gasteiger partial charge in [-0.2, -0.15) is 0 Å². The standard InChI is InChI=1S/C15H24N4O2/c1-2-4-12(11-16)18-7-9-19(10-8-18)15(21)13-5-3-6-14(20)17-13/h3,5-6,12H,2,4,7-11,16H2,1H3,(H,17,20). The van der Waals surface area contributed by atoms with Crippen LogP contribution in [0.15, 0.2) is 23.0 Å². The third-order valence-corrected chi connectivity index (χ3v) is 4.01. The lowest BCUT2D eigenvalue weighted by Gasteiger charge is -2.38. The van der Waals surface area contributed by atoms with Gasteiger partial charge in [0.2, 0.25) is 5.56 Å². The average molecular weight is 292 g/mol. The van der Waals surface area contributed by atoms with Gasteiger partial charge < -0.3 is 15.6 Å². The summed E-state index contributed by atoms with van der Waals surface area (Å²) >= 11 is 0. The van der Waals surface area contributed by atoms with Crippen LogP contribution in [0.1, 0.15) is 30.3 Å². The molecule has 0 radical (unpaired) electrons. The van der Waals surface area contributed by atoms with Crippen LogP contribution in [0.2, 0.25) is 0 Å². The van der Waals surface area contributed by atoms with Crippen molar-refractivity contribution in [1.29, 1.82) is 0 Å². The molecule has 6 nitrogen and oxygen atoms in total. The lowest BCUT2D eigenvalue weighted by atomic mass is 10.1. The molecule has 0 aliphatic carbocycles. The number of nitrogens with one attached hydrogen (secondary N) is 1. The molecule has 1 aliphatic rings. The first-order valence-corrected chi connectivity index (χ1v) is 7.58. The second kappa shape index (κ2) is 7.38. The van der Waals surface area contributed by atoms with E-state index in [4.69, 9.17) is 5.73 Å². The van der Waals surface area contributed by atoms with Crippen LogP contribution in [0.5, 0.6) is 0 Å². The number of amides is 1. The van der Waals surface area contributed by atoms with Crippen LogP contribution < -0.4 is 11.3 Å². The van der Waals surface area contributed by atoms with Gasteiger partial charge in [-0.3, -0.25) is 14.5 Å². The number of hydrogen-bond acceptors (Lipinski definition) is 4. The van der Waals surface area contributed by atoms with E-state index < -0.39 is 0 Å². The Labute approximate surface area is 124 Å². The zero-order valence-corrected chi connectivity index (χ0v) is 12.5. The van der Waals surface area contributed by atoms with Crippen LogP contribution in [0.3, 0.4) is 0 Å². The Kier molecular flexibility index (Phi) is 5.52. The minimum Gasteiger partial charge on any atom is -0.335 e. The molecule has 1 aromatic rings. The van der Waals surface area contributed by atoms with Crippen LogP contribution in [0.25, 0.3) is 0 Å². The highest BCUT2D eigenvalue weighted by Crippen LogP contribution is 2.12. The van der Waals surface area contributed by atoms with E-state index in [0.29, 0.717) is 31.4 Å². The van der Waals surface area contributed by atoms with E-state index in [0.717, 1.165) is 25.9 Å². The molecule has 3 N–H and O–H groups in total. The molecule has 0 saturated carbocycles. The zero-order chi connectivity index (χ0) is 15.2. The molecule has 21 heavy (non-hydrogen) atoms. The smallest absolute Gasteiger partial charge is 0.270 e. The number of carbonyl (C=O) groups is 1. The molecule has 1 unspecified atom stereocenters. The van der Waals surface area contributed by atoms with Crippen molar-refractivity contribution >= 4 is 5.91 Å². The monoisotopic (exact) mass is 292 g/mol. The minimum atomic E-state index is -0.245. The Morgan fingerprint density at radius 2 is 2.05 bits per heavy atom. The van der Waals surface area contributed by atoms with Gasteiger partial charge in [0.05, 0.1) is 0 Å². The van der Waals surface area contributed by atoms with E-state index >= 15 is 0 Å². The summed E-state index contributed by atoms with van der Waals surface area (Å²) < 4.78 is 0. The summed E-state index contributed by atoms with van der Waals surface area (Å²) in [5.41, 5.74) is 5.95. The molecule has 6 heteroatoms. The molecule has 0 bridgehead atoms. The van der Waals surface area contributed by atoms with Gasteiger partial charge in [-0.1, -0.05) is 19.4 Å². The van der Waals surface area contributed by atoms with Gasteiger partial charge in [0.15, 0.2) is 0 Å². The maximum absolute atomic E-state index is 12.3. The second-order valence-corrected chi connectivity index (χ2v) is 5.44. The first kappa shape index (κ1) is 15.7. The molecule has 116 valence electrons. The number of nitrogens with zero attached hydrogens (tertiary/aromatic N) is 2. The van der Waals surface area contributed by atoms with Crippen LogP contribution in [0, 0.1) is 0 Å². The van der Waals surface area contributed by atoms with E-state index in [9.17, 15) is 9.59 Å². The lowest BCUT2D eigenvalue weighted by molar-refractivity contribution is 0.0560. The van der Waals surface area contributed by atoms with Crippen LogP contribution in [0.4, 0.5) is 0 Å². The predicted octanol–water partition coefficient (Wildman–Crippen LogP) is 0.260. The SMILES string of the molecule is CCCC(CN)N1CCN(C(=O)c2cccc(=O)[nH]2)CC1. The van der Waals surface area contributed by atoms with Crippen molar-refractivity contribution < 1.29 is 4.79 Å². The fourth-order valence-electron chi connectivity index (χ4n) is 2.82. The Bertz CT molecular complexity index is 520. The number of hydrogen-bond donors (Lipinski definition) is 2. The minimum absolute atomic E-state index is 0.105. The van der Waals surface area contributed by atoms with Crippen molar-refractivity contribution in [3.8, 4) is 0 Å². The van der Waals surface area contributed by atoms with Gasteiger partial charge in [-0.25, -0.2) is 0 Å². The summed E-state index contributed by atoms with van der Waals surface area (Å²) in [5, 5.41) is 0. The van der Waals surface area contributed by atoms with Gasteiger partial charge in [0.1, 0.15) is 5.69 Å². The number of aromatic amines is 1. The van der Waals surface area contributed by atoms with Crippen LogP contribution in [-0.2, 0) is 0 Å². The molecule has 1 saturated heterocycles. The molecular formula is C15H24N4O2. The molecule has 1 aromatic heterocycles. The fourth-order valence-corrected chi connectivity index (χ4v) is 2.82. The Balaban J connectivity index is 1.94. The summed E-state index contributed by atoms with van der Waals surface area (Å²) in [5.74, 6) is -0.105. The number of nitrogens with two attached hydrogens (primary N) is 1. The summed E-state index contributed by atoms with van der Waals surface area (Å²) in [4.78, 5) is 30.4. The second-order valence-electron chi connectivity index (χ2n) is 5.44. The highest BCUT2D eigenvalue weighted by Gasteiger charge is 2.25. The largest absolute Gasteiger partial charge is 0.335 e. The highest BCUT2D eigenvalue weighted by atomic mass is 16.2. The van der Waals surface area contributed by atoms with Crippen LogP contribution >= 0.6 is 0 Å². The topological polar surface area (TPSA) is 82.4 Å². The molecule has 1 aliphatic heterocycles. The summed E-state index contributed by atoms with van der Waals surface area (Å²) in [6.45, 7) is 5.85. The van der Waals surface area contributed by atoms with Crippen molar-refractivity contribution in [1.82, 2.24) is 14.8 Å². The Hall–Kier alpha value is -1.66. The normalized spacial score (nSPS) is 17.7. The predicted molar refractivity (Wildman–Crippen MR) is 82.3 cm³/mol. The van der Waals surface area contributed by atoms with E-state index in [-0.39, 0.29) is 11.5 Å². The summed E-state index contributed by atoms with van der Waals surface area (Å²) in [6.07, 6.45) is 2.21. The first-order valence-electron chi connectivity index (χ1n) is 7.58. The van der Waals surface area contributed by atoms with Crippen LogP contribution in [-0.4, -0.2) is 59.5 Å². The third kappa shape index (κ3) is 3.92. The lowest BCUT2D eigenvalue weighted by Crippen LogP contribution is -2.53. The maximum Gasteiger partial charge on any atom is 0.270 e. The van der Waals surface area contributed by atoms with E-state index in [1.165, 1.54) is 6.07 Å². The van der Waals surface area contributed by atoms with Gasteiger partial charge in [-0.15, -0.1) is 0 Å². The number of piperazine rings is 1. The summed E-state index contributed by atoms with van der Waals surface area (Å²) in [7, 11) is 0. The van der Waals surface area contributed by atoms with Gasteiger partial charge in [0, 0.05) is 44.8 Å². The Morgan fingerprint density at radius 1 is 1.33 bits per heavy atom. The van der Waals surface area contributed by atoms with Crippen molar-refractivity contribution in [3.05, 3.63) is 34.2 Å². The fraction of sp³-hybridized carbons (Fsp3) is 0.600. The van der Waals surface area contributed by atoms with E-state index in [1.54, 1.807) is 17.0 Å².